The third-order valence-corrected chi connectivity index (χ3v) is 4.23. The fourth-order valence-electron chi connectivity index (χ4n) is 0. The molecule has 1 nitrogen and oxygen atoms in total. The van der Waals surface area contributed by atoms with Crippen LogP contribution in [0.1, 0.15) is 0 Å². The van der Waals surface area contributed by atoms with E-state index in [1.807, 2.05) is 0 Å². The quantitative estimate of drug-likeness (QED) is 0.622. The van der Waals surface area contributed by atoms with Crippen molar-refractivity contribution in [3.8, 4) is 0 Å². The van der Waals surface area contributed by atoms with Gasteiger partial charge in [0.1, 0.15) is 21.0 Å². The Morgan fingerprint density at radius 1 is 1.20 bits per heavy atom. The normalized spacial score (nSPS) is 14.6. The van der Waals surface area contributed by atoms with E-state index >= 15 is 0 Å². The van der Waals surface area contributed by atoms with Crippen LogP contribution in [0.4, 0.5) is 0 Å². The summed E-state index contributed by atoms with van der Waals surface area (Å²) in [5.41, 5.74) is 0. The van der Waals surface area contributed by atoms with E-state index in [-0.39, 0.29) is 0 Å². The van der Waals surface area contributed by atoms with Gasteiger partial charge in [0.05, 0.1) is 0 Å². The smallest absolute Gasteiger partial charge is 0.129 e. The third kappa shape index (κ3) is 23.2. The van der Waals surface area contributed by atoms with Crippen molar-refractivity contribution in [3.63, 3.8) is 0 Å². The van der Waals surface area contributed by atoms with Crippen molar-refractivity contribution < 1.29 is 18.9 Å². The summed E-state index contributed by atoms with van der Waals surface area (Å²) in [5, 5.41) is 9.33. The first-order chi connectivity index (χ1) is 4.23. The molecule has 0 unspecified atom stereocenters. The molecule has 0 N–H and O–H groups in total. The van der Waals surface area contributed by atoms with Crippen LogP contribution in [-0.4, -0.2) is 21.0 Å². The van der Waals surface area contributed by atoms with Gasteiger partial charge < -0.3 is 4.12 Å². The predicted molar refractivity (Wildman–Crippen MR) is 54.6 cm³/mol. The summed E-state index contributed by atoms with van der Waals surface area (Å²) in [5.74, 6) is 0. The Morgan fingerprint density at radius 2 is 1.30 bits per heavy atom. The van der Waals surface area contributed by atoms with E-state index < -0.39 is 14.8 Å². The van der Waals surface area contributed by atoms with Gasteiger partial charge in [0.25, 0.3) is 0 Å². The average Bonchev–Trinajstić information content (AvgIpc) is 1.65. The molecule has 0 aliphatic rings. The summed E-state index contributed by atoms with van der Waals surface area (Å²) in [6, 6.07) is 0. The Labute approximate surface area is 72.2 Å². The molecule has 0 fully saturated rings. The van der Waals surface area contributed by atoms with Gasteiger partial charge in [-0.2, -0.15) is 0 Å². The summed E-state index contributed by atoms with van der Waals surface area (Å²) in [4.78, 5) is 0. The van der Waals surface area contributed by atoms with Crippen LogP contribution in [0.2, 0.25) is 21.3 Å². The molecule has 0 saturated heterocycles. The molecular formula is C6H21OPtSi2. The van der Waals surface area contributed by atoms with Gasteiger partial charge in [-0.05, 0) is 0 Å². The fourth-order valence-corrected chi connectivity index (χ4v) is 0. The minimum absolute atomic E-state index is 0.931. The Balaban J connectivity index is 0. The zero-order chi connectivity index (χ0) is 8.86. The maximum atomic E-state index is 4.53. The average molecular weight is 360 g/mol. The van der Waals surface area contributed by atoms with Crippen molar-refractivity contribution in [1.82, 2.24) is 0 Å². The molecule has 0 aliphatic heterocycles. The van der Waals surface area contributed by atoms with Crippen molar-refractivity contribution in [1.29, 1.82) is 0 Å². The maximum Gasteiger partial charge on any atom is 0.129 e. The molecule has 0 atom stereocenters. The van der Waals surface area contributed by atoms with E-state index in [0.29, 0.717) is 0 Å². The monoisotopic (exact) mass is 360 g/mol. The van der Waals surface area contributed by atoms with Crippen molar-refractivity contribution in [2.24, 2.45) is 0 Å². The van der Waals surface area contributed by atoms with Gasteiger partial charge in [0.15, 0.2) is 0 Å². The van der Waals surface area contributed by atoms with E-state index in [1.54, 1.807) is 0 Å². The van der Waals surface area contributed by atoms with E-state index in [0.717, 1.165) is 21.0 Å². The standard InChI is InChI=1S/C2H3.4CH3.H6OSi2.Pt/c1-2;;;;;2-1-3;/h1H,2H2;4*1H3;2-3H3;. The predicted octanol–water partition coefficient (Wildman–Crippen LogP) is 0.576. The second-order valence-corrected chi connectivity index (χ2v) is 26.2. The van der Waals surface area contributed by atoms with Crippen LogP contribution in [0.5, 0.6) is 0 Å². The van der Waals surface area contributed by atoms with Crippen molar-refractivity contribution in [3.05, 3.63) is 11.0 Å². The van der Waals surface area contributed by atoms with Crippen LogP contribution in [0.15, 0.2) is 11.0 Å². The minimum atomic E-state index is -1.84. The molecule has 0 aromatic rings. The Kier molecular flexibility index (Phi) is 6.24. The largest absolute Gasteiger partial charge is 0.471 e. The summed E-state index contributed by atoms with van der Waals surface area (Å²) in [6.45, 7) is 3.79. The van der Waals surface area contributed by atoms with E-state index in [9.17, 15) is 0 Å². The molecule has 0 spiro atoms. The summed E-state index contributed by atoms with van der Waals surface area (Å²) < 4.78 is 6.67. The Hall–Kier alpha value is 0.822. The topological polar surface area (TPSA) is 9.23 Å². The molecule has 0 aliphatic carbocycles. The van der Waals surface area contributed by atoms with Gasteiger partial charge in [0, 0.05) is 0 Å². The van der Waals surface area contributed by atoms with Crippen LogP contribution < -0.4 is 0 Å². The SMILES string of the molecule is C=[CH][Pt]([CH3])([CH3])([CH3])[CH3].[SiH3]O[SiH3]. The van der Waals surface area contributed by atoms with Crippen molar-refractivity contribution >= 4 is 21.0 Å². The molecule has 0 radical (unpaired) electrons. The number of rotatable bonds is 1. The molecule has 0 bridgehead atoms. The summed E-state index contributed by atoms with van der Waals surface area (Å²) in [6.07, 6.45) is 0. The van der Waals surface area contributed by atoms with Gasteiger partial charge in [-0.25, -0.2) is 0 Å². The second-order valence-electron chi connectivity index (χ2n) is 3.17. The van der Waals surface area contributed by atoms with Crippen molar-refractivity contribution in [2.75, 3.05) is 0 Å². The van der Waals surface area contributed by atoms with Gasteiger partial charge in [-0.3, -0.25) is 0 Å². The number of hydrogen-bond donors (Lipinski definition) is 0. The molecule has 0 heterocycles. The van der Waals surface area contributed by atoms with Crippen LogP contribution in [0, 0.1) is 0 Å². The van der Waals surface area contributed by atoms with Crippen LogP contribution in [0.25, 0.3) is 0 Å². The first kappa shape index (κ1) is 13.4. The molecule has 0 rings (SSSR count). The molecule has 10 heavy (non-hydrogen) atoms. The molecular weight excluding hydrogens is 339 g/mol. The Morgan fingerprint density at radius 3 is 1.30 bits per heavy atom. The van der Waals surface area contributed by atoms with Gasteiger partial charge >= 0.3 is 47.1 Å². The van der Waals surface area contributed by atoms with Gasteiger partial charge in [-0.1, -0.05) is 0 Å². The molecule has 0 saturated carbocycles. The minimum Gasteiger partial charge on any atom is -0.471 e. The second kappa shape index (κ2) is 4.65. The summed E-state index contributed by atoms with van der Waals surface area (Å²) >= 11 is -1.84. The molecule has 4 heteroatoms. The van der Waals surface area contributed by atoms with Crippen LogP contribution in [-0.2, 0) is 18.9 Å². The maximum absolute atomic E-state index is 4.53. The fraction of sp³-hybridized carbons (Fsp3) is 0.667. The van der Waals surface area contributed by atoms with E-state index in [4.69, 9.17) is 0 Å². The molecule has 69 valence electrons. The molecule has 0 aromatic carbocycles. The van der Waals surface area contributed by atoms with Crippen LogP contribution >= 0.6 is 0 Å². The van der Waals surface area contributed by atoms with E-state index in [2.05, 4.69) is 36.4 Å². The number of hydrogen-bond acceptors (Lipinski definition) is 1. The third-order valence-electron chi connectivity index (χ3n) is 0.516. The van der Waals surface area contributed by atoms with Gasteiger partial charge in [-0.15, -0.1) is 0 Å². The van der Waals surface area contributed by atoms with E-state index in [1.165, 1.54) is 0 Å². The van der Waals surface area contributed by atoms with Gasteiger partial charge in [0.2, 0.25) is 0 Å². The first-order valence-electron chi connectivity index (χ1n) is 2.67. The zero-order valence-electron chi connectivity index (χ0n) is 8.01. The van der Waals surface area contributed by atoms with Crippen LogP contribution in [0.3, 0.4) is 0 Å². The Bertz CT molecular complexity index is 96.8. The first-order valence-corrected chi connectivity index (χ1v) is 14.7. The molecule has 0 aromatic heterocycles. The van der Waals surface area contributed by atoms with Crippen molar-refractivity contribution in [2.45, 2.75) is 21.3 Å². The zero-order valence-corrected chi connectivity index (χ0v) is 14.3. The summed E-state index contributed by atoms with van der Waals surface area (Å²) in [7, 11) is 1.86. The molecule has 0 amide bonds.